The average Bonchev–Trinajstić information content (AvgIpc) is 2.88. The lowest BCUT2D eigenvalue weighted by Gasteiger charge is -2.62. The van der Waals surface area contributed by atoms with Gasteiger partial charge in [-0.05, 0) is 44.9 Å². The van der Waals surface area contributed by atoms with E-state index in [2.05, 4.69) is 16.1 Å². The van der Waals surface area contributed by atoms with Gasteiger partial charge in [-0.25, -0.2) is 4.79 Å². The van der Waals surface area contributed by atoms with Crippen LogP contribution in [0.1, 0.15) is 39.0 Å². The van der Waals surface area contributed by atoms with Crippen LogP contribution in [-0.4, -0.2) is 67.8 Å². The summed E-state index contributed by atoms with van der Waals surface area (Å²) in [6.07, 6.45) is 0.512. The summed E-state index contributed by atoms with van der Waals surface area (Å²) in [6, 6.07) is 0. The third-order valence-electron chi connectivity index (χ3n) is 7.91. The zero-order valence-electron chi connectivity index (χ0n) is 19.8. The van der Waals surface area contributed by atoms with Crippen molar-refractivity contribution >= 4 is 11.9 Å². The van der Waals surface area contributed by atoms with Crippen molar-refractivity contribution < 1.29 is 63.7 Å². The minimum Gasteiger partial charge on any atom is -0.459 e. The van der Waals surface area contributed by atoms with E-state index in [9.17, 15) is 44.7 Å². The highest BCUT2D eigenvalue weighted by Gasteiger charge is 2.70. The Morgan fingerprint density at radius 1 is 0.865 bits per heavy atom. The van der Waals surface area contributed by atoms with E-state index in [4.69, 9.17) is 9.47 Å². The lowest BCUT2D eigenvalue weighted by molar-refractivity contribution is -0.346. The van der Waals surface area contributed by atoms with Crippen molar-refractivity contribution in [1.29, 1.82) is 0 Å². The molecule has 14 heteroatoms. The first-order chi connectivity index (χ1) is 16.9. The van der Waals surface area contributed by atoms with E-state index >= 15 is 0 Å². The predicted molar refractivity (Wildman–Crippen MR) is 107 cm³/mol. The molecule has 0 aromatic rings. The molecule has 1 aliphatic heterocycles. The maximum Gasteiger partial charge on any atom is 0.346 e. The van der Waals surface area contributed by atoms with Crippen molar-refractivity contribution in [2.45, 2.75) is 68.5 Å². The van der Waals surface area contributed by atoms with Gasteiger partial charge in [0.2, 0.25) is 0 Å². The van der Waals surface area contributed by atoms with Crippen LogP contribution in [0.25, 0.3) is 0 Å². The molecule has 0 amide bonds. The number of carbonyl (C=O) groups excluding carboxylic acids is 2. The first-order valence-electron chi connectivity index (χ1n) is 11.7. The molecule has 5 rings (SSSR count). The SMILES string of the molecule is C=C(C)C(=O)OCC(F)(F)C(F)(F)COC(=O)C12CC3CC(C1)C1(OCC(F)(F)C(F)(F)CO1)C(C3)C2. The fourth-order valence-electron chi connectivity index (χ4n) is 6.11. The van der Waals surface area contributed by atoms with Crippen molar-refractivity contribution in [3.05, 3.63) is 12.2 Å². The van der Waals surface area contributed by atoms with Gasteiger partial charge >= 0.3 is 35.6 Å². The monoisotopic (exact) mass is 550 g/mol. The minimum absolute atomic E-state index is 0.145. The number of esters is 2. The van der Waals surface area contributed by atoms with Crippen LogP contribution >= 0.6 is 0 Å². The molecule has 210 valence electrons. The molecule has 1 saturated heterocycles. The van der Waals surface area contributed by atoms with Crippen LogP contribution in [0, 0.1) is 23.2 Å². The van der Waals surface area contributed by atoms with Gasteiger partial charge in [0.1, 0.15) is 13.2 Å². The van der Waals surface area contributed by atoms with E-state index in [-0.39, 0.29) is 30.8 Å². The molecule has 4 bridgehead atoms. The molecule has 4 saturated carbocycles. The van der Waals surface area contributed by atoms with Crippen molar-refractivity contribution in [1.82, 2.24) is 0 Å². The molecule has 6 nitrogen and oxygen atoms in total. The Hall–Kier alpha value is -1.96. The summed E-state index contributed by atoms with van der Waals surface area (Å²) in [5.41, 5.74) is -1.68. The van der Waals surface area contributed by atoms with Gasteiger partial charge in [0.05, 0.1) is 5.41 Å². The molecule has 37 heavy (non-hydrogen) atoms. The van der Waals surface area contributed by atoms with E-state index < -0.39 is 85.1 Å². The number of carbonyl (C=O) groups is 2. The number of rotatable bonds is 7. The standard InChI is InChI=1S/C23H26F8O6/c1-12(2)16(32)34-8-19(24,25)20(26,27)9-35-17(33)18-5-13-3-14(6-18)23(15(4-13)7-18)36-10-21(28,29)22(30,31)11-37-23/h13-15H,1,3-11H2,2H3. The lowest BCUT2D eigenvalue weighted by atomic mass is 9.47. The Labute approximate surface area is 206 Å². The highest BCUT2D eigenvalue weighted by atomic mass is 19.3. The molecule has 5 fully saturated rings. The van der Waals surface area contributed by atoms with Gasteiger partial charge in [0.15, 0.2) is 19.0 Å². The molecule has 0 N–H and O–H groups in total. The summed E-state index contributed by atoms with van der Waals surface area (Å²) >= 11 is 0. The van der Waals surface area contributed by atoms with Crippen molar-refractivity contribution in [3.8, 4) is 0 Å². The third-order valence-corrected chi connectivity index (χ3v) is 7.91. The van der Waals surface area contributed by atoms with Gasteiger partial charge < -0.3 is 18.9 Å². The van der Waals surface area contributed by atoms with Gasteiger partial charge in [-0.1, -0.05) is 6.58 Å². The summed E-state index contributed by atoms with van der Waals surface area (Å²) in [7, 11) is 0. The van der Waals surface area contributed by atoms with Gasteiger partial charge in [-0.15, -0.1) is 0 Å². The lowest BCUT2D eigenvalue weighted by Crippen LogP contribution is -2.65. The van der Waals surface area contributed by atoms with Gasteiger partial charge in [-0.2, -0.15) is 35.1 Å². The molecule has 1 heterocycles. The summed E-state index contributed by atoms with van der Waals surface area (Å²) in [5.74, 6) is -24.7. The number of halogens is 8. The summed E-state index contributed by atoms with van der Waals surface area (Å²) in [5, 5.41) is 0. The zero-order valence-corrected chi connectivity index (χ0v) is 19.8. The van der Waals surface area contributed by atoms with Gasteiger partial charge in [0.25, 0.3) is 0 Å². The van der Waals surface area contributed by atoms with Crippen LogP contribution in [-0.2, 0) is 28.5 Å². The summed E-state index contributed by atoms with van der Waals surface area (Å²) < 4.78 is 132. The molecular weight excluding hydrogens is 524 g/mol. The van der Waals surface area contributed by atoms with E-state index in [1.807, 2.05) is 0 Å². The smallest absolute Gasteiger partial charge is 0.346 e. The maximum absolute atomic E-state index is 14.2. The predicted octanol–water partition coefficient (Wildman–Crippen LogP) is 4.76. The van der Waals surface area contributed by atoms with Crippen LogP contribution < -0.4 is 0 Å². The molecule has 5 aliphatic rings. The number of hydrogen-bond acceptors (Lipinski definition) is 6. The third kappa shape index (κ3) is 4.61. The summed E-state index contributed by atoms with van der Waals surface area (Å²) in [4.78, 5) is 24.2. The first-order valence-corrected chi connectivity index (χ1v) is 11.7. The maximum atomic E-state index is 14.2. The molecule has 0 aromatic heterocycles. The number of alkyl halides is 8. The Morgan fingerprint density at radius 2 is 1.32 bits per heavy atom. The molecule has 2 atom stereocenters. The number of hydrogen-bond donors (Lipinski definition) is 0. The average molecular weight is 550 g/mol. The highest BCUT2D eigenvalue weighted by Crippen LogP contribution is 2.66. The van der Waals surface area contributed by atoms with Crippen LogP contribution in [0.3, 0.4) is 0 Å². The second kappa shape index (κ2) is 8.78. The van der Waals surface area contributed by atoms with Crippen molar-refractivity contribution in [2.75, 3.05) is 26.4 Å². The second-order valence-corrected chi connectivity index (χ2v) is 10.7. The Balaban J connectivity index is 1.44. The van der Waals surface area contributed by atoms with Crippen LogP contribution in [0.15, 0.2) is 12.2 Å². The fraction of sp³-hybridized carbons (Fsp3) is 0.826. The topological polar surface area (TPSA) is 71.1 Å². The van der Waals surface area contributed by atoms with Crippen molar-refractivity contribution in [2.24, 2.45) is 23.2 Å². The Morgan fingerprint density at radius 3 is 1.78 bits per heavy atom. The van der Waals surface area contributed by atoms with E-state index in [1.54, 1.807) is 0 Å². The Kier molecular flexibility index (Phi) is 6.66. The highest BCUT2D eigenvalue weighted by molar-refractivity contribution is 5.86. The van der Waals surface area contributed by atoms with Gasteiger partial charge in [0, 0.05) is 17.4 Å². The molecule has 4 aliphatic carbocycles. The molecular formula is C23H26F8O6. The molecule has 0 aromatic carbocycles. The van der Waals surface area contributed by atoms with Gasteiger partial charge in [-0.3, -0.25) is 4.79 Å². The van der Waals surface area contributed by atoms with E-state index in [0.717, 1.165) is 6.92 Å². The zero-order chi connectivity index (χ0) is 27.7. The fourth-order valence-corrected chi connectivity index (χ4v) is 6.11. The normalized spacial score (nSPS) is 33.6. The van der Waals surface area contributed by atoms with Crippen molar-refractivity contribution in [3.63, 3.8) is 0 Å². The van der Waals surface area contributed by atoms with E-state index in [1.165, 1.54) is 0 Å². The van der Waals surface area contributed by atoms with Crippen LogP contribution in [0.4, 0.5) is 35.1 Å². The quantitative estimate of drug-likeness (QED) is 0.259. The minimum atomic E-state index is -4.88. The van der Waals surface area contributed by atoms with Crippen LogP contribution in [0.2, 0.25) is 0 Å². The molecule has 2 unspecified atom stereocenters. The second-order valence-electron chi connectivity index (χ2n) is 10.7. The molecule has 1 spiro atoms. The number of ether oxygens (including phenoxy) is 4. The molecule has 0 radical (unpaired) electrons. The first kappa shape index (κ1) is 28.1. The Bertz CT molecular complexity index is 931. The summed E-state index contributed by atoms with van der Waals surface area (Å²) in [6.45, 7) is -2.86. The van der Waals surface area contributed by atoms with E-state index in [0.29, 0.717) is 12.8 Å². The largest absolute Gasteiger partial charge is 0.459 e. The van der Waals surface area contributed by atoms with Crippen LogP contribution in [0.5, 0.6) is 0 Å².